The van der Waals surface area contributed by atoms with Gasteiger partial charge in [-0.1, -0.05) is 0 Å². The lowest BCUT2D eigenvalue weighted by atomic mass is 10.2. The Morgan fingerprint density at radius 1 is 1.21 bits per heavy atom. The molecule has 1 heterocycles. The molecule has 3 N–H and O–H groups in total. The van der Waals surface area contributed by atoms with Crippen LogP contribution in [0.4, 0.5) is 4.79 Å². The van der Waals surface area contributed by atoms with Gasteiger partial charge >= 0.3 is 12.0 Å². The molecule has 1 unspecified atom stereocenters. The maximum absolute atomic E-state index is 11.9. The predicted octanol–water partition coefficient (Wildman–Crippen LogP) is 0.158. The van der Waals surface area contributed by atoms with Gasteiger partial charge in [-0.2, -0.15) is 0 Å². The quantitative estimate of drug-likeness (QED) is 0.678. The molecule has 0 spiro atoms. The van der Waals surface area contributed by atoms with Crippen molar-refractivity contribution in [3.05, 3.63) is 0 Å². The molecule has 0 aliphatic carbocycles. The largest absolute Gasteiger partial charge is 0.480 e. The summed E-state index contributed by atoms with van der Waals surface area (Å²) in [6, 6.07) is -1.99. The minimum Gasteiger partial charge on any atom is -0.480 e. The molecule has 1 saturated heterocycles. The summed E-state index contributed by atoms with van der Waals surface area (Å²) in [5.74, 6) is -1.29. The van der Waals surface area contributed by atoms with Crippen LogP contribution in [0.5, 0.6) is 0 Å². The number of aliphatic carboxylic acids is 1. The highest BCUT2D eigenvalue weighted by atomic mass is 16.4. The second-order valence-corrected chi connectivity index (χ2v) is 5.02. The first kappa shape index (κ1) is 15.3. The Bertz CT molecular complexity index is 370. The van der Waals surface area contributed by atoms with Gasteiger partial charge in [0.05, 0.1) is 0 Å². The van der Waals surface area contributed by atoms with Gasteiger partial charge in [0, 0.05) is 12.6 Å². The molecule has 108 valence electrons. The number of hydrogen-bond donors (Lipinski definition) is 3. The lowest BCUT2D eigenvalue weighted by Gasteiger charge is -2.24. The van der Waals surface area contributed by atoms with Gasteiger partial charge in [0.25, 0.3) is 0 Å². The first-order valence-corrected chi connectivity index (χ1v) is 6.43. The van der Waals surface area contributed by atoms with Crippen molar-refractivity contribution in [3.63, 3.8) is 0 Å². The highest BCUT2D eigenvalue weighted by Crippen LogP contribution is 2.17. The number of carboxylic acid groups (broad SMARTS) is 1. The van der Waals surface area contributed by atoms with E-state index in [-0.39, 0.29) is 11.9 Å². The third-order valence-electron chi connectivity index (χ3n) is 2.96. The molecule has 1 fully saturated rings. The summed E-state index contributed by atoms with van der Waals surface area (Å²) in [4.78, 5) is 35.8. The first-order chi connectivity index (χ1) is 8.82. The molecule has 2 atom stereocenters. The molecule has 0 bridgehead atoms. The standard InChI is InChI=1S/C12H21N3O4/c1-7(2)13-10(16)8(3)14-12(19)15-6-4-5-9(15)11(17)18/h7-9H,4-6H2,1-3H3,(H,13,16)(H,14,19)(H,17,18)/t8?,9-/m1/s1. The number of hydrogen-bond acceptors (Lipinski definition) is 3. The minimum absolute atomic E-state index is 0.00888. The fraction of sp³-hybridized carbons (Fsp3) is 0.750. The fourth-order valence-corrected chi connectivity index (χ4v) is 2.01. The van der Waals surface area contributed by atoms with Crippen LogP contribution in [0.1, 0.15) is 33.6 Å². The van der Waals surface area contributed by atoms with E-state index < -0.39 is 24.1 Å². The summed E-state index contributed by atoms with van der Waals surface area (Å²) in [6.45, 7) is 5.63. The second-order valence-electron chi connectivity index (χ2n) is 5.02. The van der Waals surface area contributed by atoms with Crippen molar-refractivity contribution in [2.75, 3.05) is 6.54 Å². The Morgan fingerprint density at radius 2 is 1.84 bits per heavy atom. The molecule has 19 heavy (non-hydrogen) atoms. The summed E-state index contributed by atoms with van der Waals surface area (Å²) in [5.41, 5.74) is 0. The summed E-state index contributed by atoms with van der Waals surface area (Å²) in [5, 5.41) is 14.2. The molecular formula is C12H21N3O4. The van der Waals surface area contributed by atoms with E-state index in [1.165, 1.54) is 4.90 Å². The second kappa shape index (κ2) is 6.40. The highest BCUT2D eigenvalue weighted by Gasteiger charge is 2.34. The summed E-state index contributed by atoms with van der Waals surface area (Å²) < 4.78 is 0. The van der Waals surface area contributed by atoms with Crippen LogP contribution in [-0.2, 0) is 9.59 Å². The van der Waals surface area contributed by atoms with Crippen molar-refractivity contribution < 1.29 is 19.5 Å². The third kappa shape index (κ3) is 4.11. The molecule has 1 aliphatic heterocycles. The monoisotopic (exact) mass is 271 g/mol. The van der Waals surface area contributed by atoms with E-state index in [0.717, 1.165) is 0 Å². The maximum atomic E-state index is 11.9. The van der Waals surface area contributed by atoms with E-state index in [9.17, 15) is 14.4 Å². The molecule has 7 nitrogen and oxygen atoms in total. The zero-order chi connectivity index (χ0) is 14.6. The predicted molar refractivity (Wildman–Crippen MR) is 68.6 cm³/mol. The van der Waals surface area contributed by atoms with Crippen molar-refractivity contribution in [1.29, 1.82) is 0 Å². The van der Waals surface area contributed by atoms with Crippen LogP contribution in [0.3, 0.4) is 0 Å². The Morgan fingerprint density at radius 3 is 2.37 bits per heavy atom. The molecule has 1 aliphatic rings. The van der Waals surface area contributed by atoms with Gasteiger partial charge in [0.15, 0.2) is 0 Å². The molecule has 0 aromatic rings. The molecule has 7 heteroatoms. The normalized spacial score (nSPS) is 20.2. The number of urea groups is 1. The van der Waals surface area contributed by atoms with Gasteiger partial charge in [-0.25, -0.2) is 9.59 Å². The number of nitrogens with zero attached hydrogens (tertiary/aromatic N) is 1. The lowest BCUT2D eigenvalue weighted by Crippen LogP contribution is -2.53. The Labute approximate surface area is 112 Å². The van der Waals surface area contributed by atoms with E-state index in [1.807, 2.05) is 13.8 Å². The topological polar surface area (TPSA) is 98.7 Å². The van der Waals surface area contributed by atoms with E-state index >= 15 is 0 Å². The van der Waals surface area contributed by atoms with Crippen LogP contribution >= 0.6 is 0 Å². The summed E-state index contributed by atoms with van der Waals surface area (Å²) in [6.07, 6.45) is 1.12. The van der Waals surface area contributed by atoms with Gasteiger partial charge in [0.1, 0.15) is 12.1 Å². The summed E-state index contributed by atoms with van der Waals surface area (Å²) in [7, 11) is 0. The number of nitrogens with one attached hydrogen (secondary N) is 2. The fourth-order valence-electron chi connectivity index (χ4n) is 2.01. The number of rotatable bonds is 4. The Kier molecular flexibility index (Phi) is 5.14. The van der Waals surface area contributed by atoms with Gasteiger partial charge in [0.2, 0.25) is 5.91 Å². The number of carboxylic acids is 1. The van der Waals surface area contributed by atoms with Crippen molar-refractivity contribution in [3.8, 4) is 0 Å². The average molecular weight is 271 g/mol. The van der Waals surface area contributed by atoms with Gasteiger partial charge < -0.3 is 20.6 Å². The van der Waals surface area contributed by atoms with Crippen molar-refractivity contribution in [1.82, 2.24) is 15.5 Å². The first-order valence-electron chi connectivity index (χ1n) is 6.43. The van der Waals surface area contributed by atoms with E-state index in [2.05, 4.69) is 10.6 Å². The number of carbonyl (C=O) groups excluding carboxylic acids is 2. The summed E-state index contributed by atoms with van der Waals surface area (Å²) >= 11 is 0. The molecular weight excluding hydrogens is 250 g/mol. The van der Waals surface area contributed by atoms with Crippen LogP contribution in [0.25, 0.3) is 0 Å². The number of likely N-dealkylation sites (tertiary alicyclic amines) is 1. The van der Waals surface area contributed by atoms with E-state index in [1.54, 1.807) is 6.92 Å². The minimum atomic E-state index is -1.01. The molecule has 1 rings (SSSR count). The molecule has 0 aromatic carbocycles. The van der Waals surface area contributed by atoms with Crippen LogP contribution in [0.2, 0.25) is 0 Å². The zero-order valence-corrected chi connectivity index (χ0v) is 11.5. The Balaban J connectivity index is 2.54. The molecule has 0 saturated carbocycles. The van der Waals surface area contributed by atoms with Gasteiger partial charge in [-0.3, -0.25) is 4.79 Å². The van der Waals surface area contributed by atoms with Crippen LogP contribution in [0, 0.1) is 0 Å². The van der Waals surface area contributed by atoms with Gasteiger partial charge in [-0.05, 0) is 33.6 Å². The number of carbonyl (C=O) groups is 3. The third-order valence-corrected chi connectivity index (χ3v) is 2.96. The smallest absolute Gasteiger partial charge is 0.326 e. The zero-order valence-electron chi connectivity index (χ0n) is 11.5. The van der Waals surface area contributed by atoms with Crippen LogP contribution in [0.15, 0.2) is 0 Å². The maximum Gasteiger partial charge on any atom is 0.326 e. The lowest BCUT2D eigenvalue weighted by molar-refractivity contribution is -0.141. The molecule has 3 amide bonds. The Hall–Kier alpha value is -1.79. The van der Waals surface area contributed by atoms with Crippen LogP contribution in [-0.4, -0.2) is 52.6 Å². The van der Waals surface area contributed by atoms with E-state index in [0.29, 0.717) is 19.4 Å². The van der Waals surface area contributed by atoms with Crippen molar-refractivity contribution >= 4 is 17.9 Å². The molecule has 0 aromatic heterocycles. The van der Waals surface area contributed by atoms with Gasteiger partial charge in [-0.15, -0.1) is 0 Å². The van der Waals surface area contributed by atoms with Crippen molar-refractivity contribution in [2.45, 2.75) is 51.7 Å². The van der Waals surface area contributed by atoms with Crippen LogP contribution < -0.4 is 10.6 Å². The number of amides is 3. The van der Waals surface area contributed by atoms with E-state index in [4.69, 9.17) is 5.11 Å². The molecule has 0 radical (unpaired) electrons. The highest BCUT2D eigenvalue weighted by molar-refractivity contribution is 5.88. The van der Waals surface area contributed by atoms with Crippen molar-refractivity contribution in [2.24, 2.45) is 0 Å². The average Bonchev–Trinajstić information content (AvgIpc) is 2.76. The SMILES string of the molecule is CC(C)NC(=O)C(C)NC(=O)N1CCC[C@@H]1C(=O)O.